The first-order valence-corrected chi connectivity index (χ1v) is 5.77. The molecular formula is C12H19N5. The van der Waals surface area contributed by atoms with E-state index in [2.05, 4.69) is 21.4 Å². The second-order valence-electron chi connectivity index (χ2n) is 4.04. The first-order chi connectivity index (χ1) is 8.08. The maximum Gasteiger partial charge on any atom is 0.224 e. The predicted molar refractivity (Wildman–Crippen MR) is 69.0 cm³/mol. The quantitative estimate of drug-likeness (QED) is 0.842. The summed E-state index contributed by atoms with van der Waals surface area (Å²) in [6, 6.07) is 4.24. The van der Waals surface area contributed by atoms with E-state index in [1.54, 1.807) is 0 Å². The maximum atomic E-state index is 8.70. The van der Waals surface area contributed by atoms with E-state index in [4.69, 9.17) is 5.26 Å². The van der Waals surface area contributed by atoms with E-state index in [9.17, 15) is 0 Å². The maximum absolute atomic E-state index is 8.70. The molecule has 0 aliphatic heterocycles. The highest BCUT2D eigenvalue weighted by atomic mass is 15.2. The minimum atomic E-state index is 0.142. The van der Waals surface area contributed by atoms with Gasteiger partial charge in [0.1, 0.15) is 5.82 Å². The lowest BCUT2D eigenvalue weighted by atomic mass is 10.2. The molecule has 5 heteroatoms. The Balaban J connectivity index is 2.93. The number of nitrogens with zero attached hydrogens (tertiary/aromatic N) is 4. The molecule has 0 aliphatic carbocycles. The molecule has 0 aromatic carbocycles. The molecule has 0 fully saturated rings. The second kappa shape index (κ2) is 6.04. The summed E-state index contributed by atoms with van der Waals surface area (Å²) >= 11 is 0. The minimum Gasteiger partial charge on any atom is -0.356 e. The van der Waals surface area contributed by atoms with E-state index in [-0.39, 0.29) is 6.04 Å². The van der Waals surface area contributed by atoms with Crippen LogP contribution in [0.25, 0.3) is 0 Å². The molecule has 0 saturated carbocycles. The molecule has 0 amide bonds. The van der Waals surface area contributed by atoms with Gasteiger partial charge in [0.05, 0.1) is 12.5 Å². The number of aryl methyl sites for hydroxylation is 1. The Kier molecular flexibility index (Phi) is 4.70. The Morgan fingerprint density at radius 3 is 2.82 bits per heavy atom. The lowest BCUT2D eigenvalue weighted by molar-refractivity contribution is 0.692. The molecule has 1 rings (SSSR count). The third-order valence-electron chi connectivity index (χ3n) is 2.58. The molecule has 0 saturated heterocycles. The molecular weight excluding hydrogens is 214 g/mol. The van der Waals surface area contributed by atoms with E-state index in [1.807, 2.05) is 38.8 Å². The van der Waals surface area contributed by atoms with Crippen LogP contribution < -0.4 is 10.2 Å². The topological polar surface area (TPSA) is 64.8 Å². The Morgan fingerprint density at radius 1 is 1.53 bits per heavy atom. The summed E-state index contributed by atoms with van der Waals surface area (Å²) in [5.41, 5.74) is 0.918. The van der Waals surface area contributed by atoms with E-state index in [0.29, 0.717) is 12.4 Å². The van der Waals surface area contributed by atoms with Gasteiger partial charge >= 0.3 is 0 Å². The highest BCUT2D eigenvalue weighted by Gasteiger charge is 2.12. The summed E-state index contributed by atoms with van der Waals surface area (Å²) in [6.45, 7) is 6.75. The Bertz CT molecular complexity index is 410. The average Bonchev–Trinajstić information content (AvgIpc) is 2.28. The molecule has 92 valence electrons. The molecule has 1 unspecified atom stereocenters. The van der Waals surface area contributed by atoms with Crippen LogP contribution in [-0.2, 0) is 0 Å². The number of hydrogen-bond donors (Lipinski definition) is 1. The van der Waals surface area contributed by atoms with Crippen LogP contribution in [0, 0.1) is 18.3 Å². The van der Waals surface area contributed by atoms with Gasteiger partial charge in [0.15, 0.2) is 0 Å². The highest BCUT2D eigenvalue weighted by molar-refractivity contribution is 5.44. The number of hydrogen-bond acceptors (Lipinski definition) is 5. The molecule has 0 radical (unpaired) electrons. The van der Waals surface area contributed by atoms with Gasteiger partial charge in [0, 0.05) is 31.4 Å². The lowest BCUT2D eigenvalue weighted by Gasteiger charge is -2.24. The van der Waals surface area contributed by atoms with Crippen LogP contribution in [0.3, 0.4) is 0 Å². The van der Waals surface area contributed by atoms with Crippen molar-refractivity contribution in [2.24, 2.45) is 0 Å². The van der Waals surface area contributed by atoms with Crippen molar-refractivity contribution in [1.29, 1.82) is 5.26 Å². The smallest absolute Gasteiger partial charge is 0.224 e. The minimum absolute atomic E-state index is 0.142. The Morgan fingerprint density at radius 2 is 2.24 bits per heavy atom. The van der Waals surface area contributed by atoms with Gasteiger partial charge in [-0.2, -0.15) is 10.2 Å². The largest absolute Gasteiger partial charge is 0.356 e. The van der Waals surface area contributed by atoms with Crippen LogP contribution in [-0.4, -0.2) is 29.6 Å². The van der Waals surface area contributed by atoms with Crippen molar-refractivity contribution in [3.63, 3.8) is 0 Å². The van der Waals surface area contributed by atoms with Crippen molar-refractivity contribution in [2.45, 2.75) is 33.2 Å². The molecule has 1 aromatic heterocycles. The van der Waals surface area contributed by atoms with Crippen molar-refractivity contribution in [1.82, 2.24) is 9.97 Å². The summed E-state index contributed by atoms with van der Waals surface area (Å²) in [5.74, 6) is 1.48. The number of aromatic nitrogens is 2. The second-order valence-corrected chi connectivity index (χ2v) is 4.04. The van der Waals surface area contributed by atoms with Crippen molar-refractivity contribution < 1.29 is 0 Å². The standard InChI is InChI=1S/C12H19N5/c1-5-14-12-15-9(2)8-11(16-12)17(4)10(3)6-7-13/h8,10H,5-6H2,1-4H3,(H,14,15,16). The van der Waals surface area contributed by atoms with Gasteiger partial charge < -0.3 is 10.2 Å². The number of rotatable bonds is 5. The molecule has 1 aromatic rings. The summed E-state index contributed by atoms with van der Waals surface area (Å²) in [6.07, 6.45) is 0.482. The molecule has 1 N–H and O–H groups in total. The first kappa shape index (κ1) is 13.2. The van der Waals surface area contributed by atoms with E-state index in [1.165, 1.54) is 0 Å². The Labute approximate surface area is 102 Å². The van der Waals surface area contributed by atoms with Gasteiger partial charge in [-0.15, -0.1) is 0 Å². The summed E-state index contributed by atoms with van der Waals surface area (Å²) in [5, 5.41) is 11.8. The fourth-order valence-corrected chi connectivity index (χ4v) is 1.46. The lowest BCUT2D eigenvalue weighted by Crippen LogP contribution is -2.29. The van der Waals surface area contributed by atoms with Crippen molar-refractivity contribution >= 4 is 11.8 Å². The zero-order valence-corrected chi connectivity index (χ0v) is 10.9. The van der Waals surface area contributed by atoms with Crippen LogP contribution in [0.2, 0.25) is 0 Å². The van der Waals surface area contributed by atoms with Gasteiger partial charge in [-0.3, -0.25) is 0 Å². The van der Waals surface area contributed by atoms with Gasteiger partial charge in [-0.1, -0.05) is 0 Å². The first-order valence-electron chi connectivity index (χ1n) is 5.77. The zero-order valence-electron chi connectivity index (χ0n) is 10.9. The SMILES string of the molecule is CCNc1nc(C)cc(N(C)C(C)CC#N)n1. The molecule has 17 heavy (non-hydrogen) atoms. The fourth-order valence-electron chi connectivity index (χ4n) is 1.46. The average molecular weight is 233 g/mol. The van der Waals surface area contributed by atoms with Crippen molar-refractivity contribution in [2.75, 3.05) is 23.8 Å². The number of anilines is 2. The third kappa shape index (κ3) is 3.59. The molecule has 0 bridgehead atoms. The molecule has 5 nitrogen and oxygen atoms in total. The van der Waals surface area contributed by atoms with E-state index >= 15 is 0 Å². The summed E-state index contributed by atoms with van der Waals surface area (Å²) in [4.78, 5) is 10.7. The zero-order chi connectivity index (χ0) is 12.8. The normalized spacial score (nSPS) is 11.7. The molecule has 0 spiro atoms. The summed E-state index contributed by atoms with van der Waals surface area (Å²) < 4.78 is 0. The highest BCUT2D eigenvalue weighted by Crippen LogP contribution is 2.16. The van der Waals surface area contributed by atoms with Gasteiger partial charge in [-0.25, -0.2) is 4.98 Å². The van der Waals surface area contributed by atoms with E-state index < -0.39 is 0 Å². The fraction of sp³-hybridized carbons (Fsp3) is 0.583. The van der Waals surface area contributed by atoms with Gasteiger partial charge in [0.2, 0.25) is 5.95 Å². The van der Waals surface area contributed by atoms with Crippen molar-refractivity contribution in [3.05, 3.63) is 11.8 Å². The molecule has 0 aliphatic rings. The van der Waals surface area contributed by atoms with Crippen LogP contribution >= 0.6 is 0 Å². The number of nitrogens with one attached hydrogen (secondary N) is 1. The van der Waals surface area contributed by atoms with Crippen LogP contribution in [0.5, 0.6) is 0 Å². The monoisotopic (exact) mass is 233 g/mol. The predicted octanol–water partition coefficient (Wildman–Crippen LogP) is 1.96. The van der Waals surface area contributed by atoms with Crippen LogP contribution in [0.1, 0.15) is 26.0 Å². The third-order valence-corrected chi connectivity index (χ3v) is 2.58. The van der Waals surface area contributed by atoms with Gasteiger partial charge in [0.25, 0.3) is 0 Å². The van der Waals surface area contributed by atoms with Crippen LogP contribution in [0.15, 0.2) is 6.07 Å². The van der Waals surface area contributed by atoms with Crippen LogP contribution in [0.4, 0.5) is 11.8 Å². The van der Waals surface area contributed by atoms with Gasteiger partial charge in [-0.05, 0) is 20.8 Å². The molecule has 1 atom stereocenters. The Hall–Kier alpha value is -1.83. The summed E-state index contributed by atoms with van der Waals surface area (Å²) in [7, 11) is 1.94. The number of nitriles is 1. The molecule has 1 heterocycles. The van der Waals surface area contributed by atoms with E-state index in [0.717, 1.165) is 18.1 Å². The van der Waals surface area contributed by atoms with Crippen molar-refractivity contribution in [3.8, 4) is 6.07 Å².